The highest BCUT2D eigenvalue weighted by Gasteiger charge is 2.59. The van der Waals surface area contributed by atoms with Crippen molar-refractivity contribution in [1.82, 2.24) is 0 Å². The fourth-order valence-corrected chi connectivity index (χ4v) is 9.92. The van der Waals surface area contributed by atoms with Crippen LogP contribution >= 0.6 is 23.2 Å². The zero-order valence-electron chi connectivity index (χ0n) is 24.7. The van der Waals surface area contributed by atoms with Gasteiger partial charge in [-0.15, -0.1) is 0 Å². The van der Waals surface area contributed by atoms with E-state index in [0.717, 1.165) is 54.8 Å². The lowest BCUT2D eigenvalue weighted by atomic mass is 9.47. The van der Waals surface area contributed by atoms with Crippen molar-refractivity contribution >= 4 is 35.0 Å². The highest BCUT2D eigenvalue weighted by molar-refractivity contribution is 6.42. The number of hydrogen-bond acceptors (Lipinski definition) is 2. The third-order valence-corrected chi connectivity index (χ3v) is 12.4. The Hall–Kier alpha value is -1.19. The molecule has 0 saturated heterocycles. The first-order valence-corrected chi connectivity index (χ1v) is 16.4. The van der Waals surface area contributed by atoms with Gasteiger partial charge < -0.3 is 4.74 Å². The number of fused-ring (bicyclic) bond motifs is 5. The summed E-state index contributed by atoms with van der Waals surface area (Å²) in [6.45, 7) is 12.5. The fraction of sp³-hybridized carbons (Fsp3) is 0.735. The van der Waals surface area contributed by atoms with Crippen LogP contribution in [0.3, 0.4) is 0 Å². The third-order valence-electron chi connectivity index (χ3n) is 11.7. The smallest absolute Gasteiger partial charge is 0.411 e. The quantitative estimate of drug-likeness (QED) is 0.329. The van der Waals surface area contributed by atoms with Crippen LogP contribution in [0.2, 0.25) is 10.0 Å². The topological polar surface area (TPSA) is 38.3 Å². The Kier molecular flexibility index (Phi) is 8.71. The summed E-state index contributed by atoms with van der Waals surface area (Å²) in [5.74, 6) is 5.03. The minimum absolute atomic E-state index is 0.0694. The lowest BCUT2D eigenvalue weighted by Gasteiger charge is -2.58. The molecule has 39 heavy (non-hydrogen) atoms. The van der Waals surface area contributed by atoms with Gasteiger partial charge >= 0.3 is 6.09 Å². The van der Waals surface area contributed by atoms with E-state index in [9.17, 15) is 4.79 Å². The molecule has 0 aromatic heterocycles. The molecule has 4 aliphatic carbocycles. The molecule has 1 amide bonds. The standard InChI is InChI=1S/C34H49Cl2NO2/c1-21(2)7-6-8-22(3)27-12-13-28-26-11-9-23-19-25(15-17-33(23,4)29(26)16-18-34(27,28)5)39-32(38)37-24-10-14-30(35)31(36)20-24/h9-10,14,20-22,25-29H,6-8,11-13,15-19H2,1-5H3,(H,37,38)/t22-,25+,26-,27+,28-,29+,33+,34-/m1/s1. The molecule has 0 bridgehead atoms. The van der Waals surface area contributed by atoms with Gasteiger partial charge in [-0.25, -0.2) is 4.79 Å². The molecule has 0 unspecified atom stereocenters. The number of amides is 1. The van der Waals surface area contributed by atoms with Crippen LogP contribution in [0.1, 0.15) is 105 Å². The number of carbonyl (C=O) groups is 1. The fourth-order valence-electron chi connectivity index (χ4n) is 9.63. The SMILES string of the molecule is CC(C)CCC[C@@H](C)[C@@H]1CC[C@@H]2[C@H]3CC=C4C[C@@H](OC(=O)Nc5ccc(Cl)c(Cl)c5)CC[C@]4(C)[C@H]3CC[C@@]21C. The molecule has 5 heteroatoms. The molecule has 8 atom stereocenters. The Labute approximate surface area is 246 Å². The second-order valence-electron chi connectivity index (χ2n) is 14.3. The second kappa shape index (κ2) is 11.6. The van der Waals surface area contributed by atoms with E-state index in [-0.39, 0.29) is 11.5 Å². The molecule has 3 fully saturated rings. The molecular formula is C34H49Cl2NO2. The molecule has 3 saturated carbocycles. The van der Waals surface area contributed by atoms with E-state index in [2.05, 4.69) is 46.0 Å². The minimum atomic E-state index is -0.413. The zero-order chi connectivity index (χ0) is 27.9. The van der Waals surface area contributed by atoms with Gasteiger partial charge in [0.05, 0.1) is 10.0 Å². The van der Waals surface area contributed by atoms with Crippen molar-refractivity contribution in [2.45, 2.75) is 111 Å². The molecule has 4 aliphatic rings. The number of hydrogen-bond donors (Lipinski definition) is 1. The predicted octanol–water partition coefficient (Wildman–Crippen LogP) is 11.0. The number of nitrogens with one attached hydrogen (secondary N) is 1. The first-order valence-electron chi connectivity index (χ1n) is 15.6. The van der Waals surface area contributed by atoms with Gasteiger partial charge in [-0.2, -0.15) is 0 Å². The van der Waals surface area contributed by atoms with Gasteiger partial charge in [0.15, 0.2) is 0 Å². The van der Waals surface area contributed by atoms with E-state index >= 15 is 0 Å². The summed E-state index contributed by atoms with van der Waals surface area (Å²) < 4.78 is 5.90. The summed E-state index contributed by atoms with van der Waals surface area (Å²) in [4.78, 5) is 12.7. The first-order chi connectivity index (χ1) is 18.5. The van der Waals surface area contributed by atoms with Gasteiger partial charge in [0.25, 0.3) is 0 Å². The van der Waals surface area contributed by atoms with Gasteiger partial charge in [0.1, 0.15) is 6.10 Å². The number of carbonyl (C=O) groups excluding carboxylic acids is 1. The van der Waals surface area contributed by atoms with Crippen molar-refractivity contribution in [3.8, 4) is 0 Å². The number of benzene rings is 1. The van der Waals surface area contributed by atoms with Crippen LogP contribution in [0.4, 0.5) is 10.5 Å². The predicted molar refractivity (Wildman–Crippen MR) is 163 cm³/mol. The van der Waals surface area contributed by atoms with Crippen LogP contribution in [0.15, 0.2) is 29.8 Å². The van der Waals surface area contributed by atoms with Crippen molar-refractivity contribution in [2.24, 2.45) is 46.3 Å². The van der Waals surface area contributed by atoms with Gasteiger partial charge in [0.2, 0.25) is 0 Å². The number of ether oxygens (including phenoxy) is 1. The van der Waals surface area contributed by atoms with Crippen molar-refractivity contribution in [3.05, 3.63) is 39.9 Å². The van der Waals surface area contributed by atoms with Gasteiger partial charge in [-0.05, 0) is 109 Å². The Balaban J connectivity index is 1.21. The second-order valence-corrected chi connectivity index (χ2v) is 15.1. The summed E-state index contributed by atoms with van der Waals surface area (Å²) in [5, 5.41) is 3.71. The van der Waals surface area contributed by atoms with Crippen LogP contribution in [-0.2, 0) is 4.74 Å². The summed E-state index contributed by atoms with van der Waals surface area (Å²) in [5.41, 5.74) is 2.92. The maximum Gasteiger partial charge on any atom is 0.411 e. The molecule has 0 heterocycles. The largest absolute Gasteiger partial charge is 0.446 e. The van der Waals surface area contributed by atoms with Gasteiger partial charge in [-0.3, -0.25) is 5.32 Å². The third kappa shape index (κ3) is 5.78. The van der Waals surface area contributed by atoms with E-state index < -0.39 is 6.09 Å². The molecule has 216 valence electrons. The maximum absolute atomic E-state index is 12.7. The monoisotopic (exact) mass is 573 g/mol. The first kappa shape index (κ1) is 29.3. The molecule has 5 rings (SSSR count). The molecule has 0 aliphatic heterocycles. The zero-order valence-corrected chi connectivity index (χ0v) is 26.2. The molecule has 1 N–H and O–H groups in total. The maximum atomic E-state index is 12.7. The Bertz CT molecular complexity index is 1080. The van der Waals surface area contributed by atoms with E-state index in [4.69, 9.17) is 27.9 Å². The molecule has 1 aromatic rings. The average Bonchev–Trinajstić information content (AvgIpc) is 3.23. The van der Waals surface area contributed by atoms with Crippen molar-refractivity contribution in [3.63, 3.8) is 0 Å². The van der Waals surface area contributed by atoms with Crippen molar-refractivity contribution < 1.29 is 9.53 Å². The van der Waals surface area contributed by atoms with Crippen LogP contribution < -0.4 is 5.32 Å². The van der Waals surface area contributed by atoms with Gasteiger partial charge in [0, 0.05) is 12.1 Å². The van der Waals surface area contributed by atoms with Crippen LogP contribution in [0, 0.1) is 46.3 Å². The Morgan fingerprint density at radius 2 is 1.82 bits per heavy atom. The number of rotatable bonds is 7. The molecule has 0 radical (unpaired) electrons. The average molecular weight is 575 g/mol. The highest BCUT2D eigenvalue weighted by atomic mass is 35.5. The number of allylic oxidation sites excluding steroid dienone is 1. The van der Waals surface area contributed by atoms with Crippen LogP contribution in [0.5, 0.6) is 0 Å². The molecule has 1 aromatic carbocycles. The van der Waals surface area contributed by atoms with E-state index in [0.29, 0.717) is 21.1 Å². The number of halogens is 2. The molecule has 0 spiro atoms. The van der Waals surface area contributed by atoms with Crippen molar-refractivity contribution in [2.75, 3.05) is 5.32 Å². The number of anilines is 1. The summed E-state index contributed by atoms with van der Waals surface area (Å²) in [7, 11) is 0. The van der Waals surface area contributed by atoms with Crippen LogP contribution in [0.25, 0.3) is 0 Å². The Morgan fingerprint density at radius 3 is 2.56 bits per heavy atom. The summed E-state index contributed by atoms with van der Waals surface area (Å²) in [6.07, 6.45) is 16.0. The van der Waals surface area contributed by atoms with Crippen molar-refractivity contribution in [1.29, 1.82) is 0 Å². The van der Waals surface area contributed by atoms with Gasteiger partial charge in [-0.1, -0.05) is 88.7 Å². The highest BCUT2D eigenvalue weighted by Crippen LogP contribution is 2.67. The Morgan fingerprint density at radius 1 is 1.03 bits per heavy atom. The summed E-state index contributed by atoms with van der Waals surface area (Å²) in [6, 6.07) is 5.09. The summed E-state index contributed by atoms with van der Waals surface area (Å²) >= 11 is 12.1. The van der Waals surface area contributed by atoms with E-state index in [1.807, 2.05) is 0 Å². The normalized spacial score (nSPS) is 36.4. The lowest BCUT2D eigenvalue weighted by molar-refractivity contribution is -0.0577. The van der Waals surface area contributed by atoms with E-state index in [1.165, 1.54) is 51.4 Å². The molecule has 3 nitrogen and oxygen atoms in total. The van der Waals surface area contributed by atoms with Crippen LogP contribution in [-0.4, -0.2) is 12.2 Å². The van der Waals surface area contributed by atoms with E-state index in [1.54, 1.807) is 23.8 Å². The lowest BCUT2D eigenvalue weighted by Crippen LogP contribution is -2.51. The minimum Gasteiger partial charge on any atom is -0.446 e. The molecular weight excluding hydrogens is 525 g/mol.